The highest BCUT2D eigenvalue weighted by Crippen LogP contribution is 2.38. The molecule has 0 saturated carbocycles. The molecule has 0 saturated heterocycles. The van der Waals surface area contributed by atoms with E-state index in [1.54, 1.807) is 0 Å². The molecule has 0 aliphatic heterocycles. The molecule has 1 amide bonds. The maximum absolute atomic E-state index is 12.4. The molecule has 4 N–H and O–H groups in total. The molecule has 2 aromatic rings. The van der Waals surface area contributed by atoms with Crippen LogP contribution in [0.15, 0.2) is 54.6 Å². The summed E-state index contributed by atoms with van der Waals surface area (Å²) in [4.78, 5) is 41.9. The molecular formula is C20H24NO6P. The first-order valence-electron chi connectivity index (χ1n) is 8.85. The predicted octanol–water partition coefficient (Wildman–Crippen LogP) is 2.53. The first-order chi connectivity index (χ1) is 13.2. The smallest absolute Gasteiger partial charge is 0.326 e. The second-order valence-corrected chi connectivity index (χ2v) is 8.49. The summed E-state index contributed by atoms with van der Waals surface area (Å²) in [6, 6.07) is 17.2. The number of amides is 1. The van der Waals surface area contributed by atoms with Crippen LogP contribution in [-0.2, 0) is 20.6 Å². The Balaban J connectivity index is 2.10. The highest BCUT2D eigenvalue weighted by atomic mass is 31.2. The molecule has 0 fully saturated rings. The van der Waals surface area contributed by atoms with E-state index < -0.39 is 37.5 Å². The van der Waals surface area contributed by atoms with Crippen molar-refractivity contribution >= 4 is 19.5 Å². The number of carbonyl (C=O) groups excluding carboxylic acids is 1. The molecule has 2 aromatic carbocycles. The van der Waals surface area contributed by atoms with E-state index in [0.29, 0.717) is 0 Å². The fraction of sp³-hybridized carbons (Fsp3) is 0.300. The number of hydrogen-bond acceptors (Lipinski definition) is 3. The highest BCUT2D eigenvalue weighted by Gasteiger charge is 2.28. The Bertz CT molecular complexity index is 847. The van der Waals surface area contributed by atoms with Crippen molar-refractivity contribution in [2.24, 2.45) is 11.8 Å². The normalized spacial score (nSPS) is 13.5. The second-order valence-electron chi connectivity index (χ2n) is 6.80. The third-order valence-corrected chi connectivity index (χ3v) is 5.29. The second kappa shape index (κ2) is 9.64. The van der Waals surface area contributed by atoms with E-state index in [2.05, 4.69) is 5.32 Å². The predicted molar refractivity (Wildman–Crippen MR) is 106 cm³/mol. The average Bonchev–Trinajstić information content (AvgIpc) is 2.65. The van der Waals surface area contributed by atoms with Gasteiger partial charge in [0.2, 0.25) is 5.91 Å². The van der Waals surface area contributed by atoms with Crippen LogP contribution in [0.2, 0.25) is 0 Å². The van der Waals surface area contributed by atoms with Gasteiger partial charge in [-0.1, -0.05) is 61.5 Å². The lowest BCUT2D eigenvalue weighted by atomic mass is 9.97. The summed E-state index contributed by atoms with van der Waals surface area (Å²) in [5, 5.41) is 11.4. The maximum atomic E-state index is 12.4. The minimum atomic E-state index is -4.41. The van der Waals surface area contributed by atoms with E-state index in [1.807, 2.05) is 54.6 Å². The molecule has 150 valence electrons. The summed E-state index contributed by atoms with van der Waals surface area (Å²) in [5.74, 6) is -3.36. The molecule has 0 bridgehead atoms. The standard InChI is InChI=1S/C20H24NO6P/c1-14(20(23)24)12-21-19(22)18(13-28(25,26)27)11-15-7-9-17(10-8-15)16-5-3-2-4-6-16/h2-10,14,18H,11-13H2,1H3,(H,21,22)(H,23,24)(H2,25,26,27). The van der Waals surface area contributed by atoms with Gasteiger partial charge >= 0.3 is 13.6 Å². The quantitative estimate of drug-likeness (QED) is 0.475. The van der Waals surface area contributed by atoms with Crippen molar-refractivity contribution in [1.82, 2.24) is 5.32 Å². The molecule has 28 heavy (non-hydrogen) atoms. The molecule has 0 aliphatic carbocycles. The van der Waals surface area contributed by atoms with Crippen LogP contribution in [-0.4, -0.2) is 39.5 Å². The van der Waals surface area contributed by atoms with Gasteiger partial charge in [0.1, 0.15) is 0 Å². The molecule has 0 radical (unpaired) electrons. The van der Waals surface area contributed by atoms with Crippen molar-refractivity contribution in [1.29, 1.82) is 0 Å². The van der Waals surface area contributed by atoms with Crippen LogP contribution >= 0.6 is 7.60 Å². The topological polar surface area (TPSA) is 124 Å². The lowest BCUT2D eigenvalue weighted by Gasteiger charge is -2.18. The number of rotatable bonds is 9. The van der Waals surface area contributed by atoms with Crippen LogP contribution < -0.4 is 5.32 Å². The zero-order chi connectivity index (χ0) is 20.7. The summed E-state index contributed by atoms with van der Waals surface area (Å²) in [6.45, 7) is 1.35. The number of carboxylic acid groups (broad SMARTS) is 1. The van der Waals surface area contributed by atoms with Gasteiger partial charge in [-0.15, -0.1) is 0 Å². The number of carbonyl (C=O) groups is 2. The number of hydrogen-bond donors (Lipinski definition) is 4. The van der Waals surface area contributed by atoms with Crippen molar-refractivity contribution in [3.05, 3.63) is 60.2 Å². The first kappa shape index (κ1) is 21.8. The van der Waals surface area contributed by atoms with E-state index in [0.717, 1.165) is 16.7 Å². The van der Waals surface area contributed by atoms with E-state index in [1.165, 1.54) is 6.92 Å². The van der Waals surface area contributed by atoms with Crippen LogP contribution in [0.25, 0.3) is 11.1 Å². The molecule has 2 atom stereocenters. The zero-order valence-corrected chi connectivity index (χ0v) is 16.4. The zero-order valence-electron chi connectivity index (χ0n) is 15.5. The van der Waals surface area contributed by atoms with E-state index >= 15 is 0 Å². The first-order valence-corrected chi connectivity index (χ1v) is 10.6. The summed E-state index contributed by atoms with van der Waals surface area (Å²) >= 11 is 0. The van der Waals surface area contributed by atoms with E-state index in [4.69, 9.17) is 5.11 Å². The Labute approximate surface area is 163 Å². The third kappa shape index (κ3) is 6.93. The molecule has 0 aromatic heterocycles. The number of aliphatic carboxylic acids is 1. The molecule has 0 heterocycles. The van der Waals surface area contributed by atoms with Gasteiger partial charge in [-0.2, -0.15) is 0 Å². The van der Waals surface area contributed by atoms with Crippen molar-refractivity contribution in [2.75, 3.05) is 12.7 Å². The Kier molecular flexibility index (Phi) is 7.52. The lowest BCUT2D eigenvalue weighted by Crippen LogP contribution is -2.38. The minimum Gasteiger partial charge on any atom is -0.481 e. The number of carboxylic acids is 1. The van der Waals surface area contributed by atoms with Gasteiger partial charge in [0.25, 0.3) is 0 Å². The van der Waals surface area contributed by atoms with Gasteiger partial charge in [0.15, 0.2) is 0 Å². The van der Waals surface area contributed by atoms with Gasteiger partial charge in [0, 0.05) is 6.54 Å². The average molecular weight is 405 g/mol. The van der Waals surface area contributed by atoms with Crippen LogP contribution in [0, 0.1) is 11.8 Å². The minimum absolute atomic E-state index is 0.0984. The highest BCUT2D eigenvalue weighted by molar-refractivity contribution is 7.51. The fourth-order valence-corrected chi connectivity index (χ4v) is 3.63. The SMILES string of the molecule is CC(CNC(=O)C(Cc1ccc(-c2ccccc2)cc1)CP(=O)(O)O)C(=O)O. The molecule has 0 aliphatic rings. The van der Waals surface area contributed by atoms with Crippen molar-refractivity contribution in [3.8, 4) is 11.1 Å². The van der Waals surface area contributed by atoms with Crippen molar-refractivity contribution < 1.29 is 29.0 Å². The molecule has 0 spiro atoms. The number of nitrogens with one attached hydrogen (secondary N) is 1. The van der Waals surface area contributed by atoms with Crippen LogP contribution in [0.1, 0.15) is 12.5 Å². The Morgan fingerprint density at radius 2 is 1.57 bits per heavy atom. The Hall–Kier alpha value is -2.47. The van der Waals surface area contributed by atoms with Gasteiger partial charge in [-0.05, 0) is 23.1 Å². The lowest BCUT2D eigenvalue weighted by molar-refractivity contribution is -0.141. The molecule has 2 rings (SSSR count). The van der Waals surface area contributed by atoms with Gasteiger partial charge in [-0.3, -0.25) is 14.2 Å². The fourth-order valence-electron chi connectivity index (χ4n) is 2.76. The molecule has 2 unspecified atom stereocenters. The number of benzene rings is 2. The van der Waals surface area contributed by atoms with Crippen LogP contribution in [0.3, 0.4) is 0 Å². The maximum Gasteiger partial charge on any atom is 0.326 e. The third-order valence-electron chi connectivity index (χ3n) is 4.38. The molecular weight excluding hydrogens is 381 g/mol. The summed E-state index contributed by atoms with van der Waals surface area (Å²) in [7, 11) is -4.41. The van der Waals surface area contributed by atoms with Gasteiger partial charge in [-0.25, -0.2) is 0 Å². The summed E-state index contributed by atoms with van der Waals surface area (Å²) < 4.78 is 11.4. The largest absolute Gasteiger partial charge is 0.481 e. The summed E-state index contributed by atoms with van der Waals surface area (Å²) in [6.07, 6.45) is -0.450. The van der Waals surface area contributed by atoms with Crippen LogP contribution in [0.5, 0.6) is 0 Å². The van der Waals surface area contributed by atoms with Crippen LogP contribution in [0.4, 0.5) is 0 Å². The molecule has 8 heteroatoms. The Morgan fingerprint density at radius 1 is 1.00 bits per heavy atom. The molecule has 7 nitrogen and oxygen atoms in total. The van der Waals surface area contributed by atoms with Gasteiger partial charge < -0.3 is 20.2 Å². The van der Waals surface area contributed by atoms with Gasteiger partial charge in [0.05, 0.1) is 18.0 Å². The van der Waals surface area contributed by atoms with Crippen molar-refractivity contribution in [2.45, 2.75) is 13.3 Å². The van der Waals surface area contributed by atoms with Crippen molar-refractivity contribution in [3.63, 3.8) is 0 Å². The van der Waals surface area contributed by atoms with E-state index in [-0.39, 0.29) is 13.0 Å². The summed E-state index contributed by atoms with van der Waals surface area (Å²) in [5.41, 5.74) is 2.80. The van der Waals surface area contributed by atoms with E-state index in [9.17, 15) is 23.9 Å². The Morgan fingerprint density at radius 3 is 2.11 bits per heavy atom. The monoisotopic (exact) mass is 405 g/mol.